The van der Waals surface area contributed by atoms with Gasteiger partial charge in [0.1, 0.15) is 0 Å². The molecular formula is C18H26N2. The smallest absolute Gasteiger partial charge is 0.0195 e. The minimum absolute atomic E-state index is 0.744. The van der Waals surface area contributed by atoms with Crippen LogP contribution in [0.15, 0.2) is 24.3 Å². The van der Waals surface area contributed by atoms with Crippen molar-refractivity contribution in [1.29, 1.82) is 0 Å². The fourth-order valence-corrected chi connectivity index (χ4v) is 4.11. The van der Waals surface area contributed by atoms with Crippen molar-refractivity contribution >= 4 is 0 Å². The topological polar surface area (TPSA) is 15.3 Å². The van der Waals surface area contributed by atoms with Crippen LogP contribution in [0.5, 0.6) is 0 Å². The van der Waals surface area contributed by atoms with E-state index in [-0.39, 0.29) is 0 Å². The second-order valence-corrected chi connectivity index (χ2v) is 6.91. The molecule has 1 atom stereocenters. The Hall–Kier alpha value is -0.860. The average Bonchev–Trinajstić information content (AvgIpc) is 3.24. The first kappa shape index (κ1) is 12.8. The zero-order valence-electron chi connectivity index (χ0n) is 12.4. The first-order valence-corrected chi connectivity index (χ1v) is 8.46. The van der Waals surface area contributed by atoms with E-state index < -0.39 is 0 Å². The summed E-state index contributed by atoms with van der Waals surface area (Å²) in [6.45, 7) is 2.51. The van der Waals surface area contributed by atoms with E-state index in [1.807, 2.05) is 0 Å². The van der Waals surface area contributed by atoms with Gasteiger partial charge in [0.2, 0.25) is 0 Å². The van der Waals surface area contributed by atoms with Crippen LogP contribution in [0.2, 0.25) is 0 Å². The lowest BCUT2D eigenvalue weighted by atomic mass is 10.0. The van der Waals surface area contributed by atoms with E-state index in [4.69, 9.17) is 0 Å². The first-order valence-electron chi connectivity index (χ1n) is 8.46. The zero-order valence-corrected chi connectivity index (χ0v) is 12.4. The van der Waals surface area contributed by atoms with Gasteiger partial charge in [-0.05, 0) is 56.2 Å². The van der Waals surface area contributed by atoms with Crippen LogP contribution in [0.4, 0.5) is 0 Å². The van der Waals surface area contributed by atoms with Gasteiger partial charge in [-0.3, -0.25) is 4.90 Å². The molecule has 1 heterocycles. The summed E-state index contributed by atoms with van der Waals surface area (Å²) in [7, 11) is 0. The number of fused-ring (bicyclic) bond motifs is 1. The summed E-state index contributed by atoms with van der Waals surface area (Å²) >= 11 is 0. The number of hydrogen-bond donors (Lipinski definition) is 1. The van der Waals surface area contributed by atoms with Gasteiger partial charge >= 0.3 is 0 Å². The van der Waals surface area contributed by atoms with E-state index >= 15 is 0 Å². The summed E-state index contributed by atoms with van der Waals surface area (Å²) in [5.41, 5.74) is 3.19. The number of rotatable bonds is 4. The van der Waals surface area contributed by atoms with Crippen molar-refractivity contribution in [2.75, 3.05) is 13.1 Å². The highest BCUT2D eigenvalue weighted by Crippen LogP contribution is 2.34. The number of benzene rings is 1. The second-order valence-electron chi connectivity index (χ2n) is 6.91. The fourth-order valence-electron chi connectivity index (χ4n) is 4.11. The molecule has 3 aliphatic rings. The molecule has 1 saturated heterocycles. The zero-order chi connectivity index (χ0) is 13.4. The first-order chi connectivity index (χ1) is 9.90. The lowest BCUT2D eigenvalue weighted by Crippen LogP contribution is -2.48. The molecule has 2 aliphatic carbocycles. The molecule has 0 radical (unpaired) electrons. The molecule has 2 fully saturated rings. The lowest BCUT2D eigenvalue weighted by molar-refractivity contribution is 0.160. The van der Waals surface area contributed by atoms with Crippen molar-refractivity contribution in [3.8, 4) is 0 Å². The van der Waals surface area contributed by atoms with Gasteiger partial charge in [-0.15, -0.1) is 0 Å². The lowest BCUT2D eigenvalue weighted by Gasteiger charge is -2.34. The number of piperidine rings is 1. The molecule has 1 aromatic rings. The highest BCUT2D eigenvalue weighted by molar-refractivity contribution is 5.33. The quantitative estimate of drug-likeness (QED) is 0.905. The SMILES string of the molecule is c1ccc2c(c1)CC(N(CC1CCCCN1)C1CC1)C2. The largest absolute Gasteiger partial charge is 0.313 e. The maximum atomic E-state index is 3.74. The maximum Gasteiger partial charge on any atom is 0.0195 e. The Balaban J connectivity index is 1.44. The van der Waals surface area contributed by atoms with E-state index in [1.165, 1.54) is 58.0 Å². The molecule has 108 valence electrons. The van der Waals surface area contributed by atoms with E-state index in [0.29, 0.717) is 0 Å². The highest BCUT2D eigenvalue weighted by Gasteiger charge is 2.37. The normalized spacial score (nSPS) is 26.9. The monoisotopic (exact) mass is 270 g/mol. The van der Waals surface area contributed by atoms with Crippen molar-refractivity contribution < 1.29 is 0 Å². The molecule has 1 aromatic carbocycles. The van der Waals surface area contributed by atoms with E-state index in [2.05, 4.69) is 34.5 Å². The van der Waals surface area contributed by atoms with Gasteiger partial charge in [-0.2, -0.15) is 0 Å². The third-order valence-corrected chi connectivity index (χ3v) is 5.36. The third kappa shape index (κ3) is 2.64. The summed E-state index contributed by atoms with van der Waals surface area (Å²) in [6, 6.07) is 11.5. The molecule has 2 nitrogen and oxygen atoms in total. The summed E-state index contributed by atoms with van der Waals surface area (Å²) in [6.07, 6.45) is 9.58. The minimum atomic E-state index is 0.744. The van der Waals surface area contributed by atoms with Crippen molar-refractivity contribution in [2.45, 2.75) is 63.1 Å². The summed E-state index contributed by atoms with van der Waals surface area (Å²) < 4.78 is 0. The number of nitrogens with one attached hydrogen (secondary N) is 1. The van der Waals surface area contributed by atoms with Gasteiger partial charge < -0.3 is 5.32 Å². The molecule has 1 unspecified atom stereocenters. The molecule has 1 N–H and O–H groups in total. The van der Waals surface area contributed by atoms with Gasteiger partial charge in [0, 0.05) is 24.7 Å². The third-order valence-electron chi connectivity index (χ3n) is 5.36. The van der Waals surface area contributed by atoms with Crippen LogP contribution in [-0.2, 0) is 12.8 Å². The molecule has 4 rings (SSSR count). The van der Waals surface area contributed by atoms with Crippen molar-refractivity contribution in [1.82, 2.24) is 10.2 Å². The summed E-state index contributed by atoms with van der Waals surface area (Å²) in [4.78, 5) is 2.85. The Morgan fingerprint density at radius 1 is 0.950 bits per heavy atom. The molecule has 2 heteroatoms. The Labute approximate surface area is 122 Å². The molecule has 0 aromatic heterocycles. The van der Waals surface area contributed by atoms with Gasteiger partial charge in [-0.25, -0.2) is 0 Å². The van der Waals surface area contributed by atoms with Gasteiger partial charge in [-0.1, -0.05) is 30.7 Å². The van der Waals surface area contributed by atoms with Gasteiger partial charge in [0.15, 0.2) is 0 Å². The predicted molar refractivity (Wildman–Crippen MR) is 83.0 cm³/mol. The van der Waals surface area contributed by atoms with Crippen molar-refractivity contribution in [3.05, 3.63) is 35.4 Å². The fraction of sp³-hybridized carbons (Fsp3) is 0.667. The molecule has 0 spiro atoms. The Morgan fingerprint density at radius 2 is 1.70 bits per heavy atom. The van der Waals surface area contributed by atoms with Crippen LogP contribution in [0.1, 0.15) is 43.2 Å². The summed E-state index contributed by atoms with van der Waals surface area (Å²) in [5, 5.41) is 3.74. The van der Waals surface area contributed by atoms with Gasteiger partial charge in [0.25, 0.3) is 0 Å². The average molecular weight is 270 g/mol. The van der Waals surface area contributed by atoms with Crippen molar-refractivity contribution in [2.24, 2.45) is 0 Å². The standard InChI is InChI=1S/C18H26N2/c1-2-6-15-12-18(11-14(15)5-1)20(17-8-9-17)13-16-7-3-4-10-19-16/h1-2,5-6,16-19H,3-4,7-13H2. The van der Waals surface area contributed by atoms with Crippen LogP contribution in [0.25, 0.3) is 0 Å². The molecule has 20 heavy (non-hydrogen) atoms. The van der Waals surface area contributed by atoms with Gasteiger partial charge in [0.05, 0.1) is 0 Å². The van der Waals surface area contributed by atoms with Crippen molar-refractivity contribution in [3.63, 3.8) is 0 Å². The van der Waals surface area contributed by atoms with E-state index in [9.17, 15) is 0 Å². The highest BCUT2D eigenvalue weighted by atomic mass is 15.2. The molecule has 0 amide bonds. The second kappa shape index (κ2) is 5.50. The molecule has 0 bridgehead atoms. The van der Waals surface area contributed by atoms with Crippen LogP contribution < -0.4 is 5.32 Å². The van der Waals surface area contributed by atoms with E-state index in [0.717, 1.165) is 18.1 Å². The maximum absolute atomic E-state index is 3.74. The minimum Gasteiger partial charge on any atom is -0.313 e. The molecular weight excluding hydrogens is 244 g/mol. The molecule has 1 saturated carbocycles. The van der Waals surface area contributed by atoms with E-state index in [1.54, 1.807) is 11.1 Å². The summed E-state index contributed by atoms with van der Waals surface area (Å²) in [5.74, 6) is 0. The Morgan fingerprint density at radius 3 is 2.30 bits per heavy atom. The molecule has 1 aliphatic heterocycles. The predicted octanol–water partition coefficient (Wildman–Crippen LogP) is 2.76. The van der Waals surface area contributed by atoms with Crippen LogP contribution in [0, 0.1) is 0 Å². The van der Waals surface area contributed by atoms with Crippen LogP contribution in [-0.4, -0.2) is 36.1 Å². The van der Waals surface area contributed by atoms with Crippen LogP contribution in [0.3, 0.4) is 0 Å². The number of nitrogens with zero attached hydrogens (tertiary/aromatic N) is 1. The van der Waals surface area contributed by atoms with Crippen LogP contribution >= 0.6 is 0 Å². The number of hydrogen-bond acceptors (Lipinski definition) is 2. The Bertz CT molecular complexity index is 435. The Kier molecular flexibility index (Phi) is 3.53.